The zero-order chi connectivity index (χ0) is 17.6. The monoisotopic (exact) mass is 428 g/mol. The van der Waals surface area contributed by atoms with Crippen LogP contribution in [0.5, 0.6) is 0 Å². The Morgan fingerprint density at radius 1 is 1.00 bits per heavy atom. The van der Waals surface area contributed by atoms with E-state index in [0.717, 1.165) is 22.2 Å². The summed E-state index contributed by atoms with van der Waals surface area (Å²) in [7, 11) is 0. The van der Waals surface area contributed by atoms with Crippen molar-refractivity contribution in [3.05, 3.63) is 76.3 Å². The van der Waals surface area contributed by atoms with Crippen LogP contribution in [-0.4, -0.2) is 20.6 Å². The van der Waals surface area contributed by atoms with Gasteiger partial charge in [0.25, 0.3) is 0 Å². The molecular weight excluding hydrogens is 415 g/mol. The van der Waals surface area contributed by atoms with E-state index in [-0.39, 0.29) is 0 Å². The summed E-state index contributed by atoms with van der Waals surface area (Å²) in [5, 5.41) is 2.41. The molecule has 2 nitrogen and oxygen atoms in total. The quantitative estimate of drug-likeness (QED) is 0.385. The summed E-state index contributed by atoms with van der Waals surface area (Å²) < 4.78 is 2.09. The van der Waals surface area contributed by atoms with Gasteiger partial charge in [-0.15, -0.1) is 23.5 Å². The van der Waals surface area contributed by atoms with Crippen LogP contribution in [0.3, 0.4) is 0 Å². The molecule has 0 amide bonds. The Labute approximate surface area is 170 Å². The van der Waals surface area contributed by atoms with Crippen molar-refractivity contribution in [1.29, 1.82) is 0 Å². The predicted octanol–water partition coefficient (Wildman–Crippen LogP) is 6.80. The van der Waals surface area contributed by atoms with Gasteiger partial charge in [0.2, 0.25) is 0 Å². The predicted molar refractivity (Wildman–Crippen MR) is 111 cm³/mol. The highest BCUT2D eigenvalue weighted by Crippen LogP contribution is 2.35. The van der Waals surface area contributed by atoms with Gasteiger partial charge < -0.3 is 4.57 Å². The number of rotatable bonds is 7. The Hall–Kier alpha value is -0.780. The summed E-state index contributed by atoms with van der Waals surface area (Å²) in [6, 6.07) is 13.5. The standard InChI is InChI=1S/C18H15Cl3N2S2/c19-13-1-4-15(5-2-13)24-11-16(10-23-8-7-22-12-23)25-18-6-3-14(20)9-17(18)21/h1-9,12,16H,10-11H2. The van der Waals surface area contributed by atoms with E-state index in [0.29, 0.717) is 15.3 Å². The highest BCUT2D eigenvalue weighted by Gasteiger charge is 2.14. The van der Waals surface area contributed by atoms with Gasteiger partial charge in [0.1, 0.15) is 0 Å². The molecule has 0 aliphatic rings. The first-order valence-electron chi connectivity index (χ1n) is 7.56. The molecule has 25 heavy (non-hydrogen) atoms. The molecule has 7 heteroatoms. The topological polar surface area (TPSA) is 17.8 Å². The lowest BCUT2D eigenvalue weighted by molar-refractivity contribution is 0.695. The fourth-order valence-corrected chi connectivity index (χ4v) is 5.10. The Morgan fingerprint density at radius 2 is 1.76 bits per heavy atom. The van der Waals surface area contributed by atoms with Gasteiger partial charge >= 0.3 is 0 Å². The molecule has 0 aliphatic heterocycles. The zero-order valence-corrected chi connectivity index (χ0v) is 17.0. The maximum absolute atomic E-state index is 6.34. The van der Waals surface area contributed by atoms with E-state index in [1.54, 1.807) is 35.8 Å². The number of hydrogen-bond acceptors (Lipinski definition) is 3. The van der Waals surface area contributed by atoms with Gasteiger partial charge in [-0.2, -0.15) is 0 Å². The maximum atomic E-state index is 6.34. The average Bonchev–Trinajstić information content (AvgIpc) is 3.09. The Kier molecular flexibility index (Phi) is 7.02. The minimum Gasteiger partial charge on any atom is -0.336 e. The molecule has 1 aromatic heterocycles. The third-order valence-electron chi connectivity index (χ3n) is 3.41. The summed E-state index contributed by atoms with van der Waals surface area (Å²) in [6.45, 7) is 0.851. The number of aromatic nitrogens is 2. The van der Waals surface area contributed by atoms with Crippen molar-refractivity contribution < 1.29 is 0 Å². The zero-order valence-electron chi connectivity index (χ0n) is 13.1. The summed E-state index contributed by atoms with van der Waals surface area (Å²) in [6.07, 6.45) is 5.61. The normalized spacial score (nSPS) is 12.3. The van der Waals surface area contributed by atoms with Crippen molar-refractivity contribution in [3.63, 3.8) is 0 Å². The molecule has 1 unspecified atom stereocenters. The molecule has 0 bridgehead atoms. The van der Waals surface area contributed by atoms with Crippen LogP contribution in [0.25, 0.3) is 0 Å². The minimum atomic E-state index is 0.327. The molecule has 3 aromatic rings. The van der Waals surface area contributed by atoms with Crippen LogP contribution in [-0.2, 0) is 6.54 Å². The van der Waals surface area contributed by atoms with Crippen molar-refractivity contribution >= 4 is 58.3 Å². The molecule has 0 aliphatic carbocycles. The minimum absolute atomic E-state index is 0.327. The van der Waals surface area contributed by atoms with Gasteiger partial charge in [-0.05, 0) is 42.5 Å². The number of thioether (sulfide) groups is 2. The van der Waals surface area contributed by atoms with Crippen LogP contribution < -0.4 is 0 Å². The molecule has 1 atom stereocenters. The molecule has 0 radical (unpaired) electrons. The van der Waals surface area contributed by atoms with Crippen molar-refractivity contribution in [3.8, 4) is 0 Å². The molecule has 0 saturated heterocycles. The largest absolute Gasteiger partial charge is 0.336 e. The number of hydrogen-bond donors (Lipinski definition) is 0. The van der Waals surface area contributed by atoms with E-state index in [4.69, 9.17) is 34.8 Å². The summed E-state index contributed by atoms with van der Waals surface area (Å²) >= 11 is 21.9. The van der Waals surface area contributed by atoms with Crippen molar-refractivity contribution in [2.24, 2.45) is 0 Å². The van der Waals surface area contributed by atoms with Crippen LogP contribution in [0.15, 0.2) is 71.0 Å². The highest BCUT2D eigenvalue weighted by molar-refractivity contribution is 8.03. The lowest BCUT2D eigenvalue weighted by Crippen LogP contribution is -2.14. The van der Waals surface area contributed by atoms with Gasteiger partial charge in [-0.3, -0.25) is 0 Å². The van der Waals surface area contributed by atoms with Crippen molar-refractivity contribution in [1.82, 2.24) is 9.55 Å². The highest BCUT2D eigenvalue weighted by atomic mass is 35.5. The molecule has 0 N–H and O–H groups in total. The first-order chi connectivity index (χ1) is 12.1. The SMILES string of the molecule is Clc1ccc(SCC(Cn2ccnc2)Sc2ccc(Cl)cc2Cl)cc1. The number of benzene rings is 2. The van der Waals surface area contributed by atoms with Crippen LogP contribution in [0.2, 0.25) is 15.1 Å². The Morgan fingerprint density at radius 3 is 2.44 bits per heavy atom. The van der Waals surface area contributed by atoms with E-state index >= 15 is 0 Å². The van der Waals surface area contributed by atoms with Gasteiger partial charge in [0.15, 0.2) is 0 Å². The maximum Gasteiger partial charge on any atom is 0.0946 e. The molecule has 1 heterocycles. The van der Waals surface area contributed by atoms with E-state index in [9.17, 15) is 0 Å². The molecular formula is C18H15Cl3N2S2. The molecule has 130 valence electrons. The smallest absolute Gasteiger partial charge is 0.0946 e. The van der Waals surface area contributed by atoms with E-state index in [1.165, 1.54) is 4.90 Å². The van der Waals surface area contributed by atoms with Gasteiger partial charge in [0.05, 0.1) is 11.3 Å². The fraction of sp³-hybridized carbons (Fsp3) is 0.167. The lowest BCUT2D eigenvalue weighted by Gasteiger charge is -2.18. The van der Waals surface area contributed by atoms with Gasteiger partial charge in [-0.25, -0.2) is 4.98 Å². The summed E-state index contributed by atoms with van der Waals surface area (Å²) in [5.41, 5.74) is 0. The van der Waals surface area contributed by atoms with Crippen molar-refractivity contribution in [2.45, 2.75) is 21.6 Å². The Bertz CT molecular complexity index is 808. The molecule has 0 saturated carbocycles. The van der Waals surface area contributed by atoms with Crippen molar-refractivity contribution in [2.75, 3.05) is 5.75 Å². The summed E-state index contributed by atoms with van der Waals surface area (Å²) in [4.78, 5) is 6.36. The van der Waals surface area contributed by atoms with Crippen LogP contribution >= 0.6 is 58.3 Å². The van der Waals surface area contributed by atoms with E-state index in [2.05, 4.69) is 9.55 Å². The second-order valence-electron chi connectivity index (χ2n) is 5.34. The third-order valence-corrected chi connectivity index (χ3v) is 6.97. The molecule has 0 fully saturated rings. The summed E-state index contributed by atoms with van der Waals surface area (Å²) in [5.74, 6) is 0.934. The number of imidazole rings is 1. The fourth-order valence-electron chi connectivity index (χ4n) is 2.22. The second-order valence-corrected chi connectivity index (χ2v) is 9.05. The first kappa shape index (κ1) is 19.0. The Balaban J connectivity index is 1.71. The van der Waals surface area contributed by atoms with Crippen LogP contribution in [0.1, 0.15) is 0 Å². The second kappa shape index (κ2) is 9.24. The average molecular weight is 430 g/mol. The van der Waals surface area contributed by atoms with Crippen LogP contribution in [0.4, 0.5) is 0 Å². The third kappa shape index (κ3) is 5.87. The molecule has 0 spiro atoms. The van der Waals surface area contributed by atoms with E-state index in [1.807, 2.05) is 48.9 Å². The number of halogens is 3. The van der Waals surface area contributed by atoms with E-state index < -0.39 is 0 Å². The van der Waals surface area contributed by atoms with Gasteiger partial charge in [0, 0.05) is 49.8 Å². The van der Waals surface area contributed by atoms with Crippen LogP contribution in [0, 0.1) is 0 Å². The van der Waals surface area contributed by atoms with Gasteiger partial charge in [-0.1, -0.05) is 34.8 Å². The first-order valence-corrected chi connectivity index (χ1v) is 10.6. The lowest BCUT2D eigenvalue weighted by atomic mass is 10.4. The molecule has 3 rings (SSSR count). The number of nitrogens with zero attached hydrogens (tertiary/aromatic N) is 2. The molecule has 2 aromatic carbocycles.